The summed E-state index contributed by atoms with van der Waals surface area (Å²) in [5, 5.41) is 17.8. The first-order valence-electron chi connectivity index (χ1n) is 12.9. The summed E-state index contributed by atoms with van der Waals surface area (Å²) in [5.41, 5.74) is 3.04. The number of benzene rings is 2. The number of rotatable bonds is 10. The Labute approximate surface area is 234 Å². The number of alkyl halides is 3. The molecule has 2 aliphatic rings. The molecule has 0 saturated carbocycles. The van der Waals surface area contributed by atoms with Crippen molar-refractivity contribution < 1.29 is 37.3 Å². The number of carbonyl (C=O) groups excluding carboxylic acids is 2. The van der Waals surface area contributed by atoms with E-state index >= 15 is 0 Å². The van der Waals surface area contributed by atoms with Crippen LogP contribution < -0.4 is 20.2 Å². The van der Waals surface area contributed by atoms with Gasteiger partial charge in [0.1, 0.15) is 24.2 Å². The van der Waals surface area contributed by atoms with Crippen molar-refractivity contribution in [2.75, 3.05) is 32.8 Å². The van der Waals surface area contributed by atoms with Crippen LogP contribution in [0.5, 0.6) is 11.5 Å². The predicted octanol–water partition coefficient (Wildman–Crippen LogP) is 3.37. The molecule has 2 aliphatic heterocycles. The number of carbonyl (C=O) groups is 2. The molecule has 40 heavy (non-hydrogen) atoms. The monoisotopic (exact) mass is 582 g/mol. The van der Waals surface area contributed by atoms with Crippen LogP contribution in [0, 0.1) is 0 Å². The number of piperidine rings is 1. The van der Waals surface area contributed by atoms with Gasteiger partial charge >= 0.3 is 6.18 Å². The Kier molecular flexibility index (Phi) is 9.88. The molecular weight excluding hydrogens is 553 g/mol. The lowest BCUT2D eigenvalue weighted by atomic mass is 10.0. The highest BCUT2D eigenvalue weighted by atomic mass is 35.5. The lowest BCUT2D eigenvalue weighted by Crippen LogP contribution is -2.48. The van der Waals surface area contributed by atoms with E-state index in [1.54, 1.807) is 23.1 Å². The highest BCUT2D eigenvalue weighted by Crippen LogP contribution is 2.36. The minimum Gasteiger partial charge on any atom is -0.490 e. The molecule has 9 nitrogen and oxygen atoms in total. The number of nitrogens with one attached hydrogen (secondary N) is 2. The number of ether oxygens (including phenoxy) is 2. The smallest absolute Gasteiger partial charge is 0.419 e. The summed E-state index contributed by atoms with van der Waals surface area (Å²) in [6.07, 6.45) is -3.40. The van der Waals surface area contributed by atoms with Crippen molar-refractivity contribution in [3.05, 3.63) is 58.6 Å². The second-order valence-corrected chi connectivity index (χ2v) is 9.96. The van der Waals surface area contributed by atoms with Gasteiger partial charge in [-0.05, 0) is 48.7 Å². The number of hydrazone groups is 1. The van der Waals surface area contributed by atoms with Gasteiger partial charge in [0, 0.05) is 38.5 Å². The third kappa shape index (κ3) is 8.09. The number of aliphatic hydroxyl groups is 1. The van der Waals surface area contributed by atoms with Crippen LogP contribution in [0.3, 0.4) is 0 Å². The summed E-state index contributed by atoms with van der Waals surface area (Å²) in [7, 11) is 0. The molecule has 13 heteroatoms. The fourth-order valence-electron chi connectivity index (χ4n) is 4.42. The van der Waals surface area contributed by atoms with E-state index in [0.29, 0.717) is 55.3 Å². The maximum atomic E-state index is 13.1. The second-order valence-electron chi connectivity index (χ2n) is 9.55. The third-order valence-corrected chi connectivity index (χ3v) is 6.93. The normalized spacial score (nSPS) is 17.2. The van der Waals surface area contributed by atoms with Crippen LogP contribution in [0.2, 0.25) is 5.02 Å². The predicted molar refractivity (Wildman–Crippen MR) is 141 cm³/mol. The molecule has 0 spiro atoms. The Morgan fingerprint density at radius 3 is 2.58 bits per heavy atom. The maximum absolute atomic E-state index is 13.1. The number of likely N-dealkylation sites (tertiary alicyclic amines) is 1. The lowest BCUT2D eigenvalue weighted by Gasteiger charge is -2.33. The molecule has 2 heterocycles. The Hall–Kier alpha value is -3.35. The number of aliphatic hydroxyl groups excluding tert-OH is 1. The molecule has 216 valence electrons. The van der Waals surface area contributed by atoms with E-state index < -0.39 is 17.8 Å². The van der Waals surface area contributed by atoms with Gasteiger partial charge in [-0.2, -0.15) is 18.3 Å². The van der Waals surface area contributed by atoms with Crippen LogP contribution in [0.15, 0.2) is 47.6 Å². The summed E-state index contributed by atoms with van der Waals surface area (Å²) in [6.45, 7) is 0.656. The highest BCUT2D eigenvalue weighted by Gasteiger charge is 2.34. The fraction of sp³-hybridized carbons (Fsp3) is 0.444. The van der Waals surface area contributed by atoms with E-state index in [4.69, 9.17) is 21.1 Å². The molecular formula is C27H30ClF3N4O5. The molecule has 2 amide bonds. The van der Waals surface area contributed by atoms with Crippen LogP contribution >= 0.6 is 11.6 Å². The number of amides is 2. The van der Waals surface area contributed by atoms with Crippen molar-refractivity contribution in [2.45, 2.75) is 44.0 Å². The lowest BCUT2D eigenvalue weighted by molar-refractivity contribution is -0.139. The number of hydrogen-bond acceptors (Lipinski definition) is 7. The quantitative estimate of drug-likeness (QED) is 0.396. The first-order chi connectivity index (χ1) is 19.1. The van der Waals surface area contributed by atoms with Crippen LogP contribution in [-0.2, 0) is 15.8 Å². The Bertz CT molecular complexity index is 1230. The zero-order chi connectivity index (χ0) is 28.7. The number of halogens is 4. The summed E-state index contributed by atoms with van der Waals surface area (Å²) in [4.78, 5) is 25.6. The largest absolute Gasteiger partial charge is 0.490 e. The Balaban J connectivity index is 1.16. The van der Waals surface area contributed by atoms with E-state index in [1.807, 2.05) is 0 Å². The molecule has 2 aromatic carbocycles. The highest BCUT2D eigenvalue weighted by molar-refractivity contribution is 6.32. The molecule has 2 aromatic rings. The fourth-order valence-corrected chi connectivity index (χ4v) is 4.65. The van der Waals surface area contributed by atoms with Crippen molar-refractivity contribution in [1.82, 2.24) is 15.6 Å². The van der Waals surface area contributed by atoms with Crippen LogP contribution in [-0.4, -0.2) is 72.5 Å². The Morgan fingerprint density at radius 2 is 1.90 bits per heavy atom. The minimum atomic E-state index is -4.54. The average molecular weight is 583 g/mol. The second kappa shape index (κ2) is 13.3. The van der Waals surface area contributed by atoms with E-state index in [-0.39, 0.29) is 43.4 Å². The van der Waals surface area contributed by atoms with Gasteiger partial charge in [0.15, 0.2) is 6.61 Å². The van der Waals surface area contributed by atoms with Crippen LogP contribution in [0.4, 0.5) is 13.2 Å². The van der Waals surface area contributed by atoms with Gasteiger partial charge in [-0.3, -0.25) is 9.59 Å². The SMILES string of the molecule is O=C1CCC(c2ccc(OCC(=O)N3CCC(NC[C@H](O)COc4ccccc4C(F)(F)F)CC3)c(Cl)c2)=NN1. The average Bonchev–Trinajstić information content (AvgIpc) is 2.94. The van der Waals surface area contributed by atoms with Gasteiger partial charge in [0.2, 0.25) is 5.91 Å². The molecule has 0 aliphatic carbocycles. The van der Waals surface area contributed by atoms with Crippen LogP contribution in [0.25, 0.3) is 0 Å². The van der Waals surface area contributed by atoms with Gasteiger partial charge in [-0.1, -0.05) is 23.7 Å². The van der Waals surface area contributed by atoms with Crippen LogP contribution in [0.1, 0.15) is 36.8 Å². The summed E-state index contributed by atoms with van der Waals surface area (Å²) < 4.78 is 50.1. The number of nitrogens with zero attached hydrogens (tertiary/aromatic N) is 2. The maximum Gasteiger partial charge on any atom is 0.419 e. The van der Waals surface area contributed by atoms with E-state index in [2.05, 4.69) is 15.8 Å². The number of hydrogen-bond donors (Lipinski definition) is 3. The molecule has 4 rings (SSSR count). The zero-order valence-corrected chi connectivity index (χ0v) is 22.3. The molecule has 1 saturated heterocycles. The number of para-hydroxylation sites is 1. The molecule has 0 radical (unpaired) electrons. The van der Waals surface area contributed by atoms with Gasteiger partial charge in [0.25, 0.3) is 5.91 Å². The van der Waals surface area contributed by atoms with Gasteiger partial charge < -0.3 is 24.8 Å². The van der Waals surface area contributed by atoms with E-state index in [9.17, 15) is 27.9 Å². The Morgan fingerprint density at radius 1 is 1.15 bits per heavy atom. The molecule has 0 unspecified atom stereocenters. The summed E-state index contributed by atoms with van der Waals surface area (Å²) in [6, 6.07) is 10.0. The van der Waals surface area contributed by atoms with Gasteiger partial charge in [-0.15, -0.1) is 0 Å². The standard InChI is InChI=1S/C27H30ClF3N4O5/c28-21-13-17(22-6-8-25(37)34-33-22)5-7-24(21)40-16-26(38)35-11-9-18(10-12-35)32-14-19(36)15-39-23-4-2-1-3-20(23)27(29,30)31/h1-5,7,13,18-19,32,36H,6,8-12,14-16H2,(H,34,37)/t19-/m0/s1. The summed E-state index contributed by atoms with van der Waals surface area (Å²) in [5.74, 6) is -0.279. The van der Waals surface area contributed by atoms with Crippen molar-refractivity contribution in [3.8, 4) is 11.5 Å². The first-order valence-corrected chi connectivity index (χ1v) is 13.2. The summed E-state index contributed by atoms with van der Waals surface area (Å²) >= 11 is 6.33. The minimum absolute atomic E-state index is 0.0385. The van der Waals surface area contributed by atoms with E-state index in [0.717, 1.165) is 11.6 Å². The van der Waals surface area contributed by atoms with Gasteiger partial charge in [0.05, 0.1) is 16.3 Å². The van der Waals surface area contributed by atoms with Crippen molar-refractivity contribution >= 4 is 29.1 Å². The molecule has 1 fully saturated rings. The first kappa shape index (κ1) is 29.6. The van der Waals surface area contributed by atoms with Crippen molar-refractivity contribution in [3.63, 3.8) is 0 Å². The van der Waals surface area contributed by atoms with E-state index in [1.165, 1.54) is 18.2 Å². The molecule has 1 atom stereocenters. The van der Waals surface area contributed by atoms with Gasteiger partial charge in [-0.25, -0.2) is 5.43 Å². The molecule has 0 bridgehead atoms. The van der Waals surface area contributed by atoms with Crippen molar-refractivity contribution in [2.24, 2.45) is 5.10 Å². The third-order valence-electron chi connectivity index (χ3n) is 6.63. The molecule has 0 aromatic heterocycles. The topological polar surface area (TPSA) is 112 Å². The zero-order valence-electron chi connectivity index (χ0n) is 21.5. The van der Waals surface area contributed by atoms with Crippen molar-refractivity contribution in [1.29, 1.82) is 0 Å². The molecule has 3 N–H and O–H groups in total.